The lowest BCUT2D eigenvalue weighted by molar-refractivity contribution is 0.0595. The second-order valence-electron chi connectivity index (χ2n) is 7.10. The van der Waals surface area contributed by atoms with E-state index in [1.54, 1.807) is 0 Å². The molecule has 1 aliphatic rings. The highest BCUT2D eigenvalue weighted by Gasteiger charge is 2.34. The van der Waals surface area contributed by atoms with Crippen molar-refractivity contribution in [3.63, 3.8) is 0 Å². The Balaban J connectivity index is 1.87. The average Bonchev–Trinajstić information content (AvgIpc) is 3.12. The van der Waals surface area contributed by atoms with Crippen molar-refractivity contribution in [1.82, 2.24) is 9.62 Å². The molecule has 6 nitrogen and oxygen atoms in total. The summed E-state index contributed by atoms with van der Waals surface area (Å²) in [5, 5.41) is 0. The molecule has 3 rings (SSSR count). The molecule has 1 atom stereocenters. The zero-order chi connectivity index (χ0) is 21.0. The number of hydrogen-bond acceptors (Lipinski definition) is 6. The van der Waals surface area contributed by atoms with E-state index in [-0.39, 0.29) is 16.3 Å². The number of rotatable bonds is 8. The maximum atomic E-state index is 12.7. The van der Waals surface area contributed by atoms with Gasteiger partial charge in [0.15, 0.2) is 0 Å². The molecule has 1 unspecified atom stereocenters. The van der Waals surface area contributed by atoms with Gasteiger partial charge in [0, 0.05) is 31.1 Å². The van der Waals surface area contributed by atoms with Crippen LogP contribution in [-0.4, -0.2) is 46.0 Å². The lowest BCUT2D eigenvalue weighted by Gasteiger charge is -2.29. The Morgan fingerprint density at radius 1 is 1.38 bits per heavy atom. The van der Waals surface area contributed by atoms with E-state index in [0.717, 1.165) is 34.9 Å². The van der Waals surface area contributed by atoms with E-state index in [1.807, 2.05) is 18.2 Å². The molecule has 2 aromatic rings. The third-order valence-electron chi connectivity index (χ3n) is 5.06. The Hall–Kier alpha value is -2.00. The molecule has 0 fully saturated rings. The SMILES string of the molecule is C=CCNS(=O)(=O)c1sc2c(c1C(=O)OC)CCN(CC(C)c1ccccc1)C2. The second kappa shape index (κ2) is 9.21. The molecule has 1 aromatic carbocycles. The summed E-state index contributed by atoms with van der Waals surface area (Å²) in [6.45, 7) is 8.09. The van der Waals surface area contributed by atoms with Gasteiger partial charge in [-0.25, -0.2) is 17.9 Å². The molecule has 29 heavy (non-hydrogen) atoms. The fraction of sp³-hybridized carbons (Fsp3) is 0.381. The average molecular weight is 435 g/mol. The van der Waals surface area contributed by atoms with Crippen molar-refractivity contribution in [2.45, 2.75) is 30.0 Å². The van der Waals surface area contributed by atoms with Crippen molar-refractivity contribution in [3.05, 3.63) is 64.6 Å². The first kappa shape index (κ1) is 21.7. The Bertz CT molecular complexity index is 984. The molecule has 0 spiro atoms. The van der Waals surface area contributed by atoms with E-state index in [9.17, 15) is 13.2 Å². The molecule has 1 aliphatic heterocycles. The summed E-state index contributed by atoms with van der Waals surface area (Å²) in [4.78, 5) is 15.6. The number of esters is 1. The lowest BCUT2D eigenvalue weighted by atomic mass is 9.98. The van der Waals surface area contributed by atoms with Crippen LogP contribution < -0.4 is 4.72 Å². The van der Waals surface area contributed by atoms with Crippen molar-refractivity contribution in [2.75, 3.05) is 26.7 Å². The predicted octanol–water partition coefficient (Wildman–Crippen LogP) is 3.16. The van der Waals surface area contributed by atoms with Gasteiger partial charge in [-0.3, -0.25) is 4.90 Å². The van der Waals surface area contributed by atoms with Gasteiger partial charge >= 0.3 is 5.97 Å². The highest BCUT2D eigenvalue weighted by atomic mass is 32.2. The summed E-state index contributed by atoms with van der Waals surface area (Å²) in [7, 11) is -2.53. The number of benzene rings is 1. The van der Waals surface area contributed by atoms with Crippen LogP contribution in [0.1, 0.15) is 39.2 Å². The van der Waals surface area contributed by atoms with Crippen LogP contribution >= 0.6 is 11.3 Å². The molecule has 8 heteroatoms. The third-order valence-corrected chi connectivity index (χ3v) is 8.21. The van der Waals surface area contributed by atoms with Gasteiger partial charge in [-0.15, -0.1) is 17.9 Å². The van der Waals surface area contributed by atoms with Crippen LogP contribution in [0.4, 0.5) is 0 Å². The molecule has 2 heterocycles. The van der Waals surface area contributed by atoms with E-state index in [0.29, 0.717) is 18.9 Å². The number of fused-ring (bicyclic) bond motifs is 1. The number of thiophene rings is 1. The summed E-state index contributed by atoms with van der Waals surface area (Å²) in [5.41, 5.74) is 2.25. The molecule has 0 amide bonds. The van der Waals surface area contributed by atoms with Gasteiger partial charge in [-0.05, 0) is 23.5 Å². The quantitative estimate of drug-likeness (QED) is 0.510. The van der Waals surface area contributed by atoms with Crippen LogP contribution in [0.15, 0.2) is 47.2 Å². The number of nitrogens with zero attached hydrogens (tertiary/aromatic N) is 1. The molecule has 0 saturated heterocycles. The molecular formula is C21H26N2O4S2. The largest absolute Gasteiger partial charge is 0.465 e. The van der Waals surface area contributed by atoms with Crippen molar-refractivity contribution >= 4 is 27.3 Å². The zero-order valence-electron chi connectivity index (χ0n) is 16.7. The van der Waals surface area contributed by atoms with Crippen molar-refractivity contribution in [3.8, 4) is 0 Å². The topological polar surface area (TPSA) is 75.7 Å². The summed E-state index contributed by atoms with van der Waals surface area (Å²) < 4.78 is 32.8. The van der Waals surface area contributed by atoms with Crippen LogP contribution in [0.2, 0.25) is 0 Å². The van der Waals surface area contributed by atoms with Crippen molar-refractivity contribution in [1.29, 1.82) is 0 Å². The molecule has 0 radical (unpaired) electrons. The Morgan fingerprint density at radius 2 is 2.10 bits per heavy atom. The maximum Gasteiger partial charge on any atom is 0.340 e. The highest BCUT2D eigenvalue weighted by molar-refractivity contribution is 7.91. The minimum Gasteiger partial charge on any atom is -0.465 e. The zero-order valence-corrected chi connectivity index (χ0v) is 18.3. The van der Waals surface area contributed by atoms with Gasteiger partial charge in [0.2, 0.25) is 0 Å². The number of nitrogens with one attached hydrogen (secondary N) is 1. The maximum absolute atomic E-state index is 12.7. The number of sulfonamides is 1. The first-order chi connectivity index (χ1) is 13.9. The van der Waals surface area contributed by atoms with Crippen LogP contribution in [-0.2, 0) is 27.7 Å². The monoisotopic (exact) mass is 434 g/mol. The Morgan fingerprint density at radius 3 is 2.76 bits per heavy atom. The van der Waals surface area contributed by atoms with E-state index < -0.39 is 16.0 Å². The molecule has 156 valence electrons. The first-order valence-corrected chi connectivity index (χ1v) is 11.8. The molecule has 0 bridgehead atoms. The van der Waals surface area contributed by atoms with Crippen molar-refractivity contribution < 1.29 is 17.9 Å². The van der Waals surface area contributed by atoms with Gasteiger partial charge in [0.05, 0.1) is 12.7 Å². The fourth-order valence-electron chi connectivity index (χ4n) is 3.59. The second-order valence-corrected chi connectivity index (χ2v) is 10.2. The number of carbonyl (C=O) groups excluding carboxylic acids is 1. The Kier molecular flexibility index (Phi) is 6.89. The minimum absolute atomic E-state index is 0.0363. The normalized spacial score (nSPS) is 15.5. The number of carbonyl (C=O) groups is 1. The van der Waals surface area contributed by atoms with E-state index in [4.69, 9.17) is 4.74 Å². The molecule has 1 aromatic heterocycles. The van der Waals surface area contributed by atoms with Gasteiger partial charge in [-0.2, -0.15) is 0 Å². The molecular weight excluding hydrogens is 408 g/mol. The third kappa shape index (κ3) is 4.78. The van der Waals surface area contributed by atoms with Crippen molar-refractivity contribution in [2.24, 2.45) is 0 Å². The lowest BCUT2D eigenvalue weighted by Crippen LogP contribution is -2.33. The van der Waals surface area contributed by atoms with E-state index >= 15 is 0 Å². The summed E-state index contributed by atoms with van der Waals surface area (Å²) in [5.74, 6) is -0.247. The van der Waals surface area contributed by atoms with Gasteiger partial charge in [0.25, 0.3) is 10.0 Å². The standard InChI is InChI=1S/C21H26N2O4S2/c1-4-11-22-29(25,26)21-19(20(24)27-3)17-10-12-23(14-18(17)28-21)13-15(2)16-8-6-5-7-9-16/h4-9,15,22H,1,10-14H2,2-3H3. The molecule has 0 aliphatic carbocycles. The molecule has 1 N–H and O–H groups in total. The first-order valence-electron chi connectivity index (χ1n) is 9.48. The molecule has 0 saturated carbocycles. The summed E-state index contributed by atoms with van der Waals surface area (Å²) >= 11 is 1.16. The van der Waals surface area contributed by atoms with Crippen LogP contribution in [0, 0.1) is 0 Å². The van der Waals surface area contributed by atoms with Crippen LogP contribution in [0.25, 0.3) is 0 Å². The Labute approximate surface area is 176 Å². The van der Waals surface area contributed by atoms with Gasteiger partial charge in [-0.1, -0.05) is 43.3 Å². The van der Waals surface area contributed by atoms with E-state index in [1.165, 1.54) is 18.7 Å². The smallest absolute Gasteiger partial charge is 0.340 e. The van der Waals surface area contributed by atoms with Crippen LogP contribution in [0.5, 0.6) is 0 Å². The number of hydrogen-bond donors (Lipinski definition) is 1. The number of methoxy groups -OCH3 is 1. The number of ether oxygens (including phenoxy) is 1. The van der Waals surface area contributed by atoms with Gasteiger partial charge in [0.1, 0.15) is 4.21 Å². The van der Waals surface area contributed by atoms with Gasteiger partial charge < -0.3 is 4.74 Å². The summed E-state index contributed by atoms with van der Waals surface area (Å²) in [6.07, 6.45) is 2.09. The highest BCUT2D eigenvalue weighted by Crippen LogP contribution is 2.37. The van der Waals surface area contributed by atoms with Crippen LogP contribution in [0.3, 0.4) is 0 Å². The summed E-state index contributed by atoms with van der Waals surface area (Å²) in [6, 6.07) is 10.3. The minimum atomic E-state index is -3.81. The predicted molar refractivity (Wildman–Crippen MR) is 115 cm³/mol. The fourth-order valence-corrected chi connectivity index (χ4v) is 6.56. The van der Waals surface area contributed by atoms with E-state index in [2.05, 4.69) is 35.3 Å².